The number of halogens is 1. The molecule has 2 aromatic rings. The first-order chi connectivity index (χ1) is 12.8. The number of rotatable bonds is 4. The van der Waals surface area contributed by atoms with Gasteiger partial charge in [-0.15, -0.1) is 0 Å². The molecule has 0 saturated heterocycles. The third kappa shape index (κ3) is 3.92. The van der Waals surface area contributed by atoms with E-state index in [1.54, 1.807) is 0 Å². The molecule has 0 aromatic heterocycles. The molecule has 138 valence electrons. The van der Waals surface area contributed by atoms with E-state index in [4.69, 9.17) is 5.73 Å². The lowest BCUT2D eigenvalue weighted by molar-refractivity contribution is 0.0770. The van der Waals surface area contributed by atoms with E-state index < -0.39 is 23.7 Å². The minimum atomic E-state index is -0.800. The van der Waals surface area contributed by atoms with Crippen molar-refractivity contribution in [2.45, 2.75) is 6.54 Å². The Labute approximate surface area is 153 Å². The molecule has 0 fully saturated rings. The Morgan fingerprint density at radius 3 is 2.41 bits per heavy atom. The van der Waals surface area contributed by atoms with Crippen LogP contribution >= 0.6 is 0 Å². The summed E-state index contributed by atoms with van der Waals surface area (Å²) in [6.45, 7) is 0.0590. The van der Waals surface area contributed by atoms with Crippen LogP contribution in [-0.4, -0.2) is 35.3 Å². The van der Waals surface area contributed by atoms with Crippen LogP contribution in [0.25, 0.3) is 0 Å². The molecular formula is C18H15FN4O4. The van der Waals surface area contributed by atoms with E-state index in [2.05, 4.69) is 10.6 Å². The van der Waals surface area contributed by atoms with Gasteiger partial charge in [0.05, 0.1) is 6.67 Å². The van der Waals surface area contributed by atoms with Crippen molar-refractivity contribution in [1.29, 1.82) is 0 Å². The van der Waals surface area contributed by atoms with Crippen molar-refractivity contribution in [2.75, 3.05) is 6.67 Å². The summed E-state index contributed by atoms with van der Waals surface area (Å²) in [7, 11) is 0. The first kappa shape index (κ1) is 18.1. The van der Waals surface area contributed by atoms with Gasteiger partial charge in [-0.25, -0.2) is 9.18 Å². The highest BCUT2D eigenvalue weighted by Crippen LogP contribution is 2.23. The number of imide groups is 1. The molecule has 8 nitrogen and oxygen atoms in total. The largest absolute Gasteiger partial charge is 0.366 e. The molecule has 9 heteroatoms. The summed E-state index contributed by atoms with van der Waals surface area (Å²) in [5.74, 6) is -2.11. The van der Waals surface area contributed by atoms with Crippen LogP contribution in [0.1, 0.15) is 36.6 Å². The van der Waals surface area contributed by atoms with Crippen molar-refractivity contribution in [3.63, 3.8) is 0 Å². The molecule has 4 N–H and O–H groups in total. The number of amides is 5. The van der Waals surface area contributed by atoms with Gasteiger partial charge in [0.1, 0.15) is 5.82 Å². The zero-order chi connectivity index (χ0) is 19.6. The Hall–Kier alpha value is -3.75. The lowest BCUT2D eigenvalue weighted by atomic mass is 10.1. The number of carbonyl (C=O) groups is 4. The molecule has 0 saturated carbocycles. The van der Waals surface area contributed by atoms with Crippen LogP contribution in [0.4, 0.5) is 9.18 Å². The van der Waals surface area contributed by atoms with Crippen LogP contribution in [0.15, 0.2) is 42.5 Å². The average Bonchev–Trinajstić information content (AvgIpc) is 2.95. The fourth-order valence-corrected chi connectivity index (χ4v) is 2.65. The van der Waals surface area contributed by atoms with Crippen molar-refractivity contribution in [1.82, 2.24) is 15.5 Å². The summed E-state index contributed by atoms with van der Waals surface area (Å²) < 4.78 is 12.9. The SMILES string of the molecule is NC(=O)c1ccc2c(c1)CN(CNC(=O)NC(=O)c1ccc(F)cc1)C2=O. The Kier molecular flexibility index (Phi) is 4.84. The molecule has 2 aromatic carbocycles. The van der Waals surface area contributed by atoms with Gasteiger partial charge in [0, 0.05) is 23.2 Å². The smallest absolute Gasteiger partial charge is 0.323 e. The molecule has 0 atom stereocenters. The standard InChI is InChI=1S/C18H15FN4O4/c19-13-4-1-10(2-5-13)16(25)22-18(27)21-9-23-8-12-7-11(15(20)24)3-6-14(12)17(23)26/h1-7H,8-9H2,(H2,20,24)(H2,21,22,25,27). The lowest BCUT2D eigenvalue weighted by Crippen LogP contribution is -2.44. The number of nitrogens with one attached hydrogen (secondary N) is 2. The van der Waals surface area contributed by atoms with Crippen molar-refractivity contribution in [2.24, 2.45) is 5.73 Å². The molecule has 0 unspecified atom stereocenters. The second-order valence-electron chi connectivity index (χ2n) is 5.86. The molecule has 0 radical (unpaired) electrons. The van der Waals surface area contributed by atoms with E-state index in [9.17, 15) is 23.6 Å². The van der Waals surface area contributed by atoms with Crippen LogP contribution in [0, 0.1) is 5.82 Å². The summed E-state index contributed by atoms with van der Waals surface area (Å²) in [6.07, 6.45) is 0. The van der Waals surface area contributed by atoms with Crippen LogP contribution in [0.5, 0.6) is 0 Å². The topological polar surface area (TPSA) is 122 Å². The number of benzene rings is 2. The van der Waals surface area contributed by atoms with Gasteiger partial charge in [0.2, 0.25) is 5.91 Å². The van der Waals surface area contributed by atoms with Crippen LogP contribution in [-0.2, 0) is 6.54 Å². The highest BCUT2D eigenvalue weighted by atomic mass is 19.1. The number of primary amides is 1. The molecular weight excluding hydrogens is 355 g/mol. The van der Waals surface area contributed by atoms with Gasteiger partial charge in [-0.1, -0.05) is 0 Å². The Balaban J connectivity index is 1.56. The zero-order valence-corrected chi connectivity index (χ0v) is 14.0. The summed E-state index contributed by atoms with van der Waals surface area (Å²) in [6, 6.07) is 8.41. The number of nitrogens with zero attached hydrogens (tertiary/aromatic N) is 1. The maximum absolute atomic E-state index is 12.9. The second-order valence-corrected chi connectivity index (χ2v) is 5.86. The third-order valence-electron chi connectivity index (χ3n) is 4.03. The van der Waals surface area contributed by atoms with Gasteiger partial charge in [-0.05, 0) is 48.0 Å². The highest BCUT2D eigenvalue weighted by molar-refractivity contribution is 6.04. The number of carbonyl (C=O) groups excluding carboxylic acids is 4. The van der Waals surface area contributed by atoms with E-state index >= 15 is 0 Å². The third-order valence-corrected chi connectivity index (χ3v) is 4.03. The zero-order valence-electron chi connectivity index (χ0n) is 14.0. The number of urea groups is 1. The number of fused-ring (bicyclic) bond motifs is 1. The fraction of sp³-hybridized carbons (Fsp3) is 0.111. The number of hydrogen-bond donors (Lipinski definition) is 3. The molecule has 3 rings (SSSR count). The van der Waals surface area contributed by atoms with Crippen molar-refractivity contribution in [3.05, 3.63) is 70.5 Å². The van der Waals surface area contributed by atoms with Crippen molar-refractivity contribution in [3.8, 4) is 0 Å². The highest BCUT2D eigenvalue weighted by Gasteiger charge is 2.28. The summed E-state index contributed by atoms with van der Waals surface area (Å²) >= 11 is 0. The average molecular weight is 370 g/mol. The van der Waals surface area contributed by atoms with Crippen molar-refractivity contribution >= 4 is 23.8 Å². The minimum Gasteiger partial charge on any atom is -0.366 e. The molecule has 27 heavy (non-hydrogen) atoms. The van der Waals surface area contributed by atoms with Crippen LogP contribution in [0.2, 0.25) is 0 Å². The number of hydrogen-bond acceptors (Lipinski definition) is 4. The summed E-state index contributed by atoms with van der Waals surface area (Å²) in [5, 5.41) is 4.50. The first-order valence-corrected chi connectivity index (χ1v) is 7.92. The molecule has 1 aliphatic heterocycles. The second kappa shape index (κ2) is 7.24. The predicted octanol–water partition coefficient (Wildman–Crippen LogP) is 0.977. The first-order valence-electron chi connectivity index (χ1n) is 7.92. The minimum absolute atomic E-state index is 0.121. The Morgan fingerprint density at radius 1 is 1.07 bits per heavy atom. The van der Waals surface area contributed by atoms with Crippen LogP contribution < -0.4 is 16.4 Å². The normalized spacial score (nSPS) is 12.5. The predicted molar refractivity (Wildman–Crippen MR) is 92.1 cm³/mol. The molecule has 5 amide bonds. The Bertz CT molecular complexity index is 943. The van der Waals surface area contributed by atoms with Gasteiger partial charge < -0.3 is 16.0 Å². The maximum atomic E-state index is 12.9. The van der Waals surface area contributed by atoms with Gasteiger partial charge in [0.25, 0.3) is 11.8 Å². The monoisotopic (exact) mass is 370 g/mol. The molecule has 0 spiro atoms. The van der Waals surface area contributed by atoms with Crippen LogP contribution in [0.3, 0.4) is 0 Å². The van der Waals surface area contributed by atoms with Gasteiger partial charge >= 0.3 is 6.03 Å². The molecule has 1 heterocycles. The van der Waals surface area contributed by atoms with Crippen molar-refractivity contribution < 1.29 is 23.6 Å². The maximum Gasteiger partial charge on any atom is 0.323 e. The summed E-state index contributed by atoms with van der Waals surface area (Å²) in [5.41, 5.74) is 6.68. The van der Waals surface area contributed by atoms with E-state index in [0.717, 1.165) is 12.1 Å². The molecule has 1 aliphatic rings. The Morgan fingerprint density at radius 2 is 1.74 bits per heavy atom. The molecule has 0 bridgehead atoms. The lowest BCUT2D eigenvalue weighted by Gasteiger charge is -2.16. The van der Waals surface area contributed by atoms with Gasteiger partial charge in [0.15, 0.2) is 0 Å². The number of nitrogens with two attached hydrogens (primary N) is 1. The van der Waals surface area contributed by atoms with E-state index in [-0.39, 0.29) is 24.7 Å². The van der Waals surface area contributed by atoms with E-state index in [0.29, 0.717) is 16.7 Å². The van der Waals surface area contributed by atoms with E-state index in [1.807, 2.05) is 0 Å². The van der Waals surface area contributed by atoms with E-state index in [1.165, 1.54) is 35.2 Å². The quantitative estimate of drug-likeness (QED) is 0.742. The summed E-state index contributed by atoms with van der Waals surface area (Å²) in [4.78, 5) is 48.6. The van der Waals surface area contributed by atoms with Gasteiger partial charge in [-0.2, -0.15) is 0 Å². The van der Waals surface area contributed by atoms with Gasteiger partial charge in [-0.3, -0.25) is 19.7 Å². The molecule has 0 aliphatic carbocycles. The fourth-order valence-electron chi connectivity index (χ4n) is 2.65.